The lowest BCUT2D eigenvalue weighted by Gasteiger charge is -2.07. The summed E-state index contributed by atoms with van der Waals surface area (Å²) < 4.78 is 7.43. The first-order valence-electron chi connectivity index (χ1n) is 7.97. The second-order valence-electron chi connectivity index (χ2n) is 5.60. The van der Waals surface area contributed by atoms with Crippen LogP contribution in [-0.4, -0.2) is 33.7 Å². The number of rotatable bonds is 7. The van der Waals surface area contributed by atoms with Gasteiger partial charge in [-0.3, -0.25) is 9.20 Å². The summed E-state index contributed by atoms with van der Waals surface area (Å²) in [6.07, 6.45) is 3.50. The molecule has 1 aromatic carbocycles. The Labute approximate surface area is 140 Å². The highest BCUT2D eigenvalue weighted by Crippen LogP contribution is 2.11. The fraction of sp³-hybridized carbons (Fsp3) is 0.278. The number of nitrogens with one attached hydrogen (secondary N) is 1. The van der Waals surface area contributed by atoms with Gasteiger partial charge >= 0.3 is 0 Å². The van der Waals surface area contributed by atoms with E-state index in [1.807, 2.05) is 60.0 Å². The molecule has 0 saturated carbocycles. The molecule has 1 N–H and O–H groups in total. The van der Waals surface area contributed by atoms with E-state index in [0.717, 1.165) is 29.9 Å². The summed E-state index contributed by atoms with van der Waals surface area (Å²) in [7, 11) is 0. The zero-order valence-electron chi connectivity index (χ0n) is 13.6. The van der Waals surface area contributed by atoms with Gasteiger partial charge in [-0.15, -0.1) is 10.2 Å². The summed E-state index contributed by atoms with van der Waals surface area (Å²) >= 11 is 0. The molecule has 24 heavy (non-hydrogen) atoms. The van der Waals surface area contributed by atoms with E-state index >= 15 is 0 Å². The van der Waals surface area contributed by atoms with E-state index in [1.54, 1.807) is 0 Å². The number of carbonyl (C=O) groups is 1. The summed E-state index contributed by atoms with van der Waals surface area (Å²) in [4.78, 5) is 11.8. The molecule has 6 nitrogen and oxygen atoms in total. The standard InChI is InChI=1S/C18H20N4O2/c1-14-6-4-7-15(12-14)24-13-18(23)19-10-5-9-17-21-20-16-8-2-3-11-22(16)17/h2-4,6-8,11-12H,5,9-10,13H2,1H3,(H,19,23). The molecule has 0 saturated heterocycles. The van der Waals surface area contributed by atoms with Crippen molar-refractivity contribution in [3.05, 3.63) is 60.0 Å². The Balaban J connectivity index is 1.39. The summed E-state index contributed by atoms with van der Waals surface area (Å²) in [5, 5.41) is 11.1. The van der Waals surface area contributed by atoms with Crippen molar-refractivity contribution in [1.29, 1.82) is 0 Å². The Hall–Kier alpha value is -2.89. The number of aromatic nitrogens is 3. The molecular weight excluding hydrogens is 304 g/mol. The maximum Gasteiger partial charge on any atom is 0.257 e. The summed E-state index contributed by atoms with van der Waals surface area (Å²) in [5.74, 6) is 1.48. The topological polar surface area (TPSA) is 68.5 Å². The highest BCUT2D eigenvalue weighted by molar-refractivity contribution is 5.77. The van der Waals surface area contributed by atoms with Gasteiger partial charge in [-0.2, -0.15) is 0 Å². The molecule has 0 radical (unpaired) electrons. The number of aryl methyl sites for hydroxylation is 2. The molecule has 124 valence electrons. The van der Waals surface area contributed by atoms with Gasteiger partial charge < -0.3 is 10.1 Å². The van der Waals surface area contributed by atoms with Gasteiger partial charge in [-0.05, 0) is 43.2 Å². The Morgan fingerprint density at radius 2 is 2.12 bits per heavy atom. The van der Waals surface area contributed by atoms with Crippen LogP contribution in [0.2, 0.25) is 0 Å². The number of carbonyl (C=O) groups excluding carboxylic acids is 1. The minimum atomic E-state index is -0.123. The average Bonchev–Trinajstić information content (AvgIpc) is 3.00. The van der Waals surface area contributed by atoms with Crippen molar-refractivity contribution in [3.8, 4) is 5.75 Å². The lowest BCUT2D eigenvalue weighted by atomic mass is 10.2. The number of ether oxygens (including phenoxy) is 1. The van der Waals surface area contributed by atoms with Crippen molar-refractivity contribution < 1.29 is 9.53 Å². The summed E-state index contributed by atoms with van der Waals surface area (Å²) in [5.41, 5.74) is 1.94. The van der Waals surface area contributed by atoms with E-state index in [0.29, 0.717) is 12.3 Å². The zero-order valence-corrected chi connectivity index (χ0v) is 13.6. The number of benzene rings is 1. The van der Waals surface area contributed by atoms with Crippen LogP contribution in [0.4, 0.5) is 0 Å². The van der Waals surface area contributed by atoms with Gasteiger partial charge in [-0.1, -0.05) is 18.2 Å². The van der Waals surface area contributed by atoms with Gasteiger partial charge in [0.25, 0.3) is 5.91 Å². The first-order chi connectivity index (χ1) is 11.7. The number of pyridine rings is 1. The molecule has 0 aliphatic carbocycles. The first kappa shape index (κ1) is 16.0. The van der Waals surface area contributed by atoms with E-state index in [1.165, 1.54) is 0 Å². The lowest BCUT2D eigenvalue weighted by molar-refractivity contribution is -0.123. The lowest BCUT2D eigenvalue weighted by Crippen LogP contribution is -2.30. The van der Waals surface area contributed by atoms with Crippen LogP contribution in [0.3, 0.4) is 0 Å². The number of nitrogens with zero attached hydrogens (tertiary/aromatic N) is 3. The van der Waals surface area contributed by atoms with Crippen LogP contribution in [0.25, 0.3) is 5.65 Å². The third kappa shape index (κ3) is 4.10. The molecule has 2 aromatic heterocycles. The predicted molar refractivity (Wildman–Crippen MR) is 91.0 cm³/mol. The van der Waals surface area contributed by atoms with Crippen LogP contribution in [0.1, 0.15) is 17.8 Å². The quantitative estimate of drug-likeness (QED) is 0.676. The van der Waals surface area contributed by atoms with Gasteiger partial charge in [0.1, 0.15) is 11.6 Å². The van der Waals surface area contributed by atoms with E-state index < -0.39 is 0 Å². The molecule has 3 aromatic rings. The highest BCUT2D eigenvalue weighted by Gasteiger charge is 2.06. The molecular formula is C18H20N4O2. The maximum atomic E-state index is 11.8. The molecule has 2 heterocycles. The number of hydrogen-bond donors (Lipinski definition) is 1. The van der Waals surface area contributed by atoms with Crippen LogP contribution in [0.5, 0.6) is 5.75 Å². The minimum Gasteiger partial charge on any atom is -0.484 e. The molecule has 6 heteroatoms. The monoisotopic (exact) mass is 324 g/mol. The molecule has 0 atom stereocenters. The van der Waals surface area contributed by atoms with Gasteiger partial charge in [-0.25, -0.2) is 0 Å². The molecule has 0 bridgehead atoms. The SMILES string of the molecule is Cc1cccc(OCC(=O)NCCCc2nnc3ccccn23)c1. The number of fused-ring (bicyclic) bond motifs is 1. The van der Waals surface area contributed by atoms with Crippen molar-refractivity contribution in [1.82, 2.24) is 19.9 Å². The molecule has 3 rings (SSSR count). The fourth-order valence-electron chi connectivity index (χ4n) is 2.44. The van der Waals surface area contributed by atoms with Crippen molar-refractivity contribution in [2.45, 2.75) is 19.8 Å². The second kappa shape index (κ2) is 7.59. The zero-order chi connectivity index (χ0) is 16.8. The highest BCUT2D eigenvalue weighted by atomic mass is 16.5. The van der Waals surface area contributed by atoms with Gasteiger partial charge in [0.15, 0.2) is 12.3 Å². The minimum absolute atomic E-state index is 0.0251. The maximum absolute atomic E-state index is 11.8. The van der Waals surface area contributed by atoms with E-state index in [2.05, 4.69) is 15.5 Å². The smallest absolute Gasteiger partial charge is 0.257 e. The van der Waals surface area contributed by atoms with Crippen molar-refractivity contribution in [2.24, 2.45) is 0 Å². The van der Waals surface area contributed by atoms with Crippen molar-refractivity contribution in [2.75, 3.05) is 13.2 Å². The Morgan fingerprint density at radius 3 is 3.00 bits per heavy atom. The van der Waals surface area contributed by atoms with Crippen LogP contribution >= 0.6 is 0 Å². The van der Waals surface area contributed by atoms with Gasteiger partial charge in [0.2, 0.25) is 0 Å². The third-order valence-electron chi connectivity index (χ3n) is 3.64. The molecule has 0 fully saturated rings. The van der Waals surface area contributed by atoms with Crippen LogP contribution in [-0.2, 0) is 11.2 Å². The summed E-state index contributed by atoms with van der Waals surface area (Å²) in [6, 6.07) is 13.4. The second-order valence-corrected chi connectivity index (χ2v) is 5.60. The van der Waals surface area contributed by atoms with E-state index in [9.17, 15) is 4.79 Å². The van der Waals surface area contributed by atoms with Crippen LogP contribution in [0, 0.1) is 6.92 Å². The van der Waals surface area contributed by atoms with Crippen molar-refractivity contribution in [3.63, 3.8) is 0 Å². The first-order valence-corrected chi connectivity index (χ1v) is 7.97. The fourth-order valence-corrected chi connectivity index (χ4v) is 2.44. The van der Waals surface area contributed by atoms with E-state index in [-0.39, 0.29) is 12.5 Å². The molecule has 0 aliphatic rings. The van der Waals surface area contributed by atoms with Crippen LogP contribution < -0.4 is 10.1 Å². The van der Waals surface area contributed by atoms with Crippen molar-refractivity contribution >= 4 is 11.6 Å². The van der Waals surface area contributed by atoms with Crippen LogP contribution in [0.15, 0.2) is 48.7 Å². The van der Waals surface area contributed by atoms with Gasteiger partial charge in [0.05, 0.1) is 0 Å². The summed E-state index contributed by atoms with van der Waals surface area (Å²) in [6.45, 7) is 2.59. The average molecular weight is 324 g/mol. The Morgan fingerprint density at radius 1 is 1.21 bits per heavy atom. The molecule has 0 aliphatic heterocycles. The normalized spacial score (nSPS) is 10.7. The Kier molecular flexibility index (Phi) is 5.05. The molecule has 0 spiro atoms. The van der Waals surface area contributed by atoms with E-state index in [4.69, 9.17) is 4.74 Å². The Bertz CT molecular complexity index is 829. The largest absolute Gasteiger partial charge is 0.484 e. The van der Waals surface area contributed by atoms with Gasteiger partial charge in [0, 0.05) is 19.2 Å². The third-order valence-corrected chi connectivity index (χ3v) is 3.64. The number of hydrogen-bond acceptors (Lipinski definition) is 4. The predicted octanol–water partition coefficient (Wildman–Crippen LogP) is 2.17. The molecule has 0 unspecified atom stereocenters. The molecule has 1 amide bonds. The number of amides is 1.